The molecule has 1 amide bonds. The van der Waals surface area contributed by atoms with Crippen molar-refractivity contribution < 1.29 is 19.4 Å². The number of H-pyrrole nitrogens is 1. The van der Waals surface area contributed by atoms with E-state index in [-0.39, 0.29) is 19.1 Å². The number of carboxylic acids is 1. The molecule has 2 aromatic rings. The summed E-state index contributed by atoms with van der Waals surface area (Å²) in [5, 5.41) is 16.8. The van der Waals surface area contributed by atoms with Crippen molar-refractivity contribution in [2.75, 3.05) is 19.7 Å². The molecule has 7 heteroatoms. The highest BCUT2D eigenvalue weighted by molar-refractivity contribution is 6.05. The number of ether oxygens (including phenoxy) is 1. The van der Waals surface area contributed by atoms with Gasteiger partial charge >= 0.3 is 5.97 Å². The molecule has 0 spiro atoms. The number of carbonyl (C=O) groups excluding carboxylic acids is 1. The number of nitrogens with one attached hydrogen (secondary N) is 1. The molecule has 1 fully saturated rings. The Balaban J connectivity index is 1.92. The molecule has 0 aliphatic carbocycles. The number of fused-ring (bicyclic) bond motifs is 1. The van der Waals surface area contributed by atoms with E-state index in [1.807, 2.05) is 6.07 Å². The summed E-state index contributed by atoms with van der Waals surface area (Å²) in [5.41, 5.74) is -0.221. The standard InChI is InChI=1S/C14H15N3O4/c1-14(13(19)20)8-17(5-6-21-14)12(18)10-4-2-3-9-7-15-16-11(9)10/h2-4,7H,5-6,8H2,1H3,(H,15,16)(H,19,20). The monoisotopic (exact) mass is 289 g/mol. The lowest BCUT2D eigenvalue weighted by Gasteiger charge is -2.37. The maximum atomic E-state index is 12.7. The molecule has 2 N–H and O–H groups in total. The Kier molecular flexibility index (Phi) is 3.13. The fraction of sp³-hybridized carbons (Fsp3) is 0.357. The Hall–Kier alpha value is -2.41. The Morgan fingerprint density at radius 2 is 2.29 bits per heavy atom. The highest BCUT2D eigenvalue weighted by Crippen LogP contribution is 2.22. The van der Waals surface area contributed by atoms with Crippen LogP contribution in [0.2, 0.25) is 0 Å². The number of morpholine rings is 1. The minimum atomic E-state index is -1.37. The average Bonchev–Trinajstić information content (AvgIpc) is 2.94. The molecule has 1 unspecified atom stereocenters. The Labute approximate surface area is 120 Å². The van der Waals surface area contributed by atoms with Gasteiger partial charge in [0, 0.05) is 11.9 Å². The minimum absolute atomic E-state index is 0.0195. The Morgan fingerprint density at radius 1 is 1.48 bits per heavy atom. The van der Waals surface area contributed by atoms with Crippen LogP contribution in [0, 0.1) is 0 Å². The zero-order valence-corrected chi connectivity index (χ0v) is 11.5. The summed E-state index contributed by atoms with van der Waals surface area (Å²) in [6, 6.07) is 5.34. The number of benzene rings is 1. The van der Waals surface area contributed by atoms with E-state index in [0.29, 0.717) is 17.6 Å². The zero-order chi connectivity index (χ0) is 15.0. The predicted molar refractivity (Wildman–Crippen MR) is 74.0 cm³/mol. The van der Waals surface area contributed by atoms with Gasteiger partial charge in [0.2, 0.25) is 0 Å². The molecule has 0 radical (unpaired) electrons. The maximum absolute atomic E-state index is 12.7. The molecule has 1 aromatic heterocycles. The van der Waals surface area contributed by atoms with Crippen molar-refractivity contribution in [3.05, 3.63) is 30.0 Å². The highest BCUT2D eigenvalue weighted by Gasteiger charge is 2.41. The van der Waals surface area contributed by atoms with E-state index in [4.69, 9.17) is 4.74 Å². The van der Waals surface area contributed by atoms with Gasteiger partial charge in [0.25, 0.3) is 5.91 Å². The number of hydrogen-bond donors (Lipinski definition) is 2. The van der Waals surface area contributed by atoms with Gasteiger partial charge in [0.05, 0.1) is 30.4 Å². The average molecular weight is 289 g/mol. The Morgan fingerprint density at radius 3 is 3.05 bits per heavy atom. The van der Waals surface area contributed by atoms with Gasteiger partial charge in [-0.05, 0) is 13.0 Å². The van der Waals surface area contributed by atoms with Crippen LogP contribution in [0.15, 0.2) is 24.4 Å². The topological polar surface area (TPSA) is 95.5 Å². The normalized spacial score (nSPS) is 22.4. The molecule has 0 bridgehead atoms. The molecule has 1 aliphatic rings. The smallest absolute Gasteiger partial charge is 0.337 e. The zero-order valence-electron chi connectivity index (χ0n) is 11.5. The lowest BCUT2D eigenvalue weighted by atomic mass is 10.0. The number of hydrogen-bond acceptors (Lipinski definition) is 4. The minimum Gasteiger partial charge on any atom is -0.479 e. The first-order chi connectivity index (χ1) is 10.0. The van der Waals surface area contributed by atoms with Crippen LogP contribution >= 0.6 is 0 Å². The largest absolute Gasteiger partial charge is 0.479 e. The van der Waals surface area contributed by atoms with E-state index in [9.17, 15) is 14.7 Å². The summed E-state index contributed by atoms with van der Waals surface area (Å²) >= 11 is 0. The number of aromatic nitrogens is 2. The van der Waals surface area contributed by atoms with Gasteiger partial charge in [-0.15, -0.1) is 0 Å². The van der Waals surface area contributed by atoms with Crippen LogP contribution in [-0.4, -0.2) is 57.4 Å². The van der Waals surface area contributed by atoms with E-state index in [1.165, 1.54) is 11.8 Å². The second kappa shape index (κ2) is 4.85. The van der Waals surface area contributed by atoms with E-state index >= 15 is 0 Å². The van der Waals surface area contributed by atoms with Crippen LogP contribution in [0.25, 0.3) is 10.9 Å². The van der Waals surface area contributed by atoms with Crippen molar-refractivity contribution in [1.29, 1.82) is 0 Å². The summed E-state index contributed by atoms with van der Waals surface area (Å²) in [4.78, 5) is 25.4. The van der Waals surface area contributed by atoms with E-state index in [0.717, 1.165) is 5.39 Å². The molecule has 1 aromatic carbocycles. The molecule has 3 rings (SSSR count). The van der Waals surface area contributed by atoms with Crippen molar-refractivity contribution in [1.82, 2.24) is 15.1 Å². The third kappa shape index (κ3) is 2.25. The molecule has 1 saturated heterocycles. The van der Waals surface area contributed by atoms with Gasteiger partial charge in [-0.1, -0.05) is 12.1 Å². The summed E-state index contributed by atoms with van der Waals surface area (Å²) in [6.45, 7) is 2.07. The fourth-order valence-corrected chi connectivity index (χ4v) is 2.49. The van der Waals surface area contributed by atoms with Crippen LogP contribution in [0.4, 0.5) is 0 Å². The van der Waals surface area contributed by atoms with Gasteiger partial charge in [0.1, 0.15) is 0 Å². The summed E-state index contributed by atoms with van der Waals surface area (Å²) in [6.07, 6.45) is 1.65. The molecular formula is C14H15N3O4. The maximum Gasteiger partial charge on any atom is 0.337 e. The van der Waals surface area contributed by atoms with Crippen LogP contribution in [-0.2, 0) is 9.53 Å². The van der Waals surface area contributed by atoms with Crippen molar-refractivity contribution in [3.63, 3.8) is 0 Å². The van der Waals surface area contributed by atoms with E-state index in [1.54, 1.807) is 18.3 Å². The second-order valence-electron chi connectivity index (χ2n) is 5.25. The van der Waals surface area contributed by atoms with Crippen LogP contribution < -0.4 is 0 Å². The first kappa shape index (κ1) is 13.6. The van der Waals surface area contributed by atoms with Gasteiger partial charge in [0.15, 0.2) is 5.60 Å². The van der Waals surface area contributed by atoms with Gasteiger partial charge in [-0.3, -0.25) is 9.89 Å². The summed E-state index contributed by atoms with van der Waals surface area (Å²) in [7, 11) is 0. The SMILES string of the molecule is CC1(C(=O)O)CN(C(=O)c2cccc3cn[nH]c23)CCO1. The number of amides is 1. The number of para-hydroxylation sites is 1. The third-order valence-corrected chi connectivity index (χ3v) is 3.72. The summed E-state index contributed by atoms with van der Waals surface area (Å²) in [5.74, 6) is -1.29. The first-order valence-electron chi connectivity index (χ1n) is 6.60. The van der Waals surface area contributed by atoms with Crippen LogP contribution in [0.1, 0.15) is 17.3 Å². The van der Waals surface area contributed by atoms with Crippen molar-refractivity contribution in [2.45, 2.75) is 12.5 Å². The van der Waals surface area contributed by atoms with E-state index in [2.05, 4.69) is 10.2 Å². The molecular weight excluding hydrogens is 274 g/mol. The second-order valence-corrected chi connectivity index (χ2v) is 5.25. The number of carboxylic acid groups (broad SMARTS) is 1. The number of nitrogens with zero attached hydrogens (tertiary/aromatic N) is 2. The first-order valence-corrected chi connectivity index (χ1v) is 6.60. The fourth-order valence-electron chi connectivity index (χ4n) is 2.49. The third-order valence-electron chi connectivity index (χ3n) is 3.72. The van der Waals surface area contributed by atoms with Crippen molar-refractivity contribution >= 4 is 22.8 Å². The lowest BCUT2D eigenvalue weighted by Crippen LogP contribution is -2.56. The van der Waals surface area contributed by atoms with E-state index < -0.39 is 11.6 Å². The van der Waals surface area contributed by atoms with Crippen molar-refractivity contribution in [2.24, 2.45) is 0 Å². The molecule has 7 nitrogen and oxygen atoms in total. The quantitative estimate of drug-likeness (QED) is 0.855. The number of aliphatic carboxylic acids is 1. The predicted octanol–water partition coefficient (Wildman–Crippen LogP) is 0.879. The molecule has 2 heterocycles. The van der Waals surface area contributed by atoms with Crippen LogP contribution in [0.5, 0.6) is 0 Å². The van der Waals surface area contributed by atoms with Gasteiger partial charge < -0.3 is 14.7 Å². The number of carbonyl (C=O) groups is 2. The molecule has 1 aliphatic heterocycles. The lowest BCUT2D eigenvalue weighted by molar-refractivity contribution is -0.171. The molecule has 21 heavy (non-hydrogen) atoms. The molecule has 110 valence electrons. The van der Waals surface area contributed by atoms with Gasteiger partial charge in [-0.2, -0.15) is 5.10 Å². The highest BCUT2D eigenvalue weighted by atomic mass is 16.5. The number of aromatic amines is 1. The summed E-state index contributed by atoms with van der Waals surface area (Å²) < 4.78 is 5.30. The van der Waals surface area contributed by atoms with Gasteiger partial charge in [-0.25, -0.2) is 4.79 Å². The Bertz CT molecular complexity index is 711. The van der Waals surface area contributed by atoms with Crippen LogP contribution in [0.3, 0.4) is 0 Å². The number of rotatable bonds is 2. The molecule has 1 atom stereocenters. The van der Waals surface area contributed by atoms with Crippen molar-refractivity contribution in [3.8, 4) is 0 Å². The molecule has 0 saturated carbocycles.